The van der Waals surface area contributed by atoms with Crippen molar-refractivity contribution in [2.75, 3.05) is 13.1 Å². The van der Waals surface area contributed by atoms with Crippen LogP contribution < -0.4 is 5.32 Å². The molecule has 0 saturated carbocycles. The molecule has 0 radical (unpaired) electrons. The van der Waals surface area contributed by atoms with E-state index in [1.54, 1.807) is 11.3 Å². The zero-order chi connectivity index (χ0) is 9.97. The van der Waals surface area contributed by atoms with E-state index in [1.807, 2.05) is 12.3 Å². The normalized spacial score (nSPS) is 22.6. The number of ketones is 1. The van der Waals surface area contributed by atoms with E-state index >= 15 is 0 Å². The van der Waals surface area contributed by atoms with E-state index in [-0.39, 0.29) is 5.92 Å². The second-order valence-corrected chi connectivity index (χ2v) is 4.65. The number of piperidine rings is 1. The summed E-state index contributed by atoms with van der Waals surface area (Å²) in [6.07, 6.45) is 1.49. The zero-order valence-electron chi connectivity index (χ0n) is 8.25. The fourth-order valence-electron chi connectivity index (χ4n) is 1.70. The topological polar surface area (TPSA) is 42.0 Å². The first-order chi connectivity index (χ1) is 6.75. The van der Waals surface area contributed by atoms with Crippen LogP contribution in [0, 0.1) is 12.8 Å². The lowest BCUT2D eigenvalue weighted by Crippen LogP contribution is -2.37. The van der Waals surface area contributed by atoms with E-state index in [0.29, 0.717) is 12.2 Å². The molecule has 1 unspecified atom stereocenters. The number of hydrogen-bond donors (Lipinski definition) is 1. The quantitative estimate of drug-likeness (QED) is 0.797. The number of hydrogen-bond acceptors (Lipinski definition) is 4. The molecule has 3 nitrogen and oxygen atoms in total. The number of Topliss-reactive ketones (excluding diaryl/α,β-unsaturated/α-hetero) is 1. The van der Waals surface area contributed by atoms with Gasteiger partial charge in [-0.3, -0.25) is 4.79 Å². The molecule has 1 aliphatic rings. The summed E-state index contributed by atoms with van der Waals surface area (Å²) >= 11 is 1.65. The Morgan fingerprint density at radius 3 is 3.21 bits per heavy atom. The Morgan fingerprint density at radius 1 is 1.71 bits per heavy atom. The summed E-state index contributed by atoms with van der Waals surface area (Å²) in [5.74, 6) is 0.533. The van der Waals surface area contributed by atoms with Crippen LogP contribution in [0.5, 0.6) is 0 Å². The molecule has 4 heteroatoms. The lowest BCUT2D eigenvalue weighted by Gasteiger charge is -2.20. The number of aromatic nitrogens is 1. The molecule has 1 fully saturated rings. The van der Waals surface area contributed by atoms with Gasteiger partial charge in [0.1, 0.15) is 5.78 Å². The molecule has 76 valence electrons. The van der Waals surface area contributed by atoms with Gasteiger partial charge in [0.05, 0.1) is 5.01 Å². The third-order valence-electron chi connectivity index (χ3n) is 2.48. The van der Waals surface area contributed by atoms with Crippen LogP contribution in [-0.4, -0.2) is 23.9 Å². The van der Waals surface area contributed by atoms with Crippen molar-refractivity contribution >= 4 is 17.1 Å². The average Bonchev–Trinajstić information content (AvgIpc) is 2.56. The molecule has 0 aliphatic carbocycles. The van der Waals surface area contributed by atoms with Gasteiger partial charge in [0.15, 0.2) is 0 Å². The molecule has 2 heterocycles. The molecule has 0 bridgehead atoms. The summed E-state index contributed by atoms with van der Waals surface area (Å²) in [4.78, 5) is 15.9. The molecule has 2 rings (SSSR count). The Morgan fingerprint density at radius 2 is 2.57 bits per heavy atom. The minimum atomic E-state index is 0.147. The largest absolute Gasteiger partial charge is 0.316 e. The fourth-order valence-corrected chi connectivity index (χ4v) is 2.55. The van der Waals surface area contributed by atoms with E-state index in [0.717, 1.165) is 30.2 Å². The minimum Gasteiger partial charge on any atom is -0.316 e. The van der Waals surface area contributed by atoms with Gasteiger partial charge in [0, 0.05) is 42.9 Å². The smallest absolute Gasteiger partial charge is 0.138 e. The third-order valence-corrected chi connectivity index (χ3v) is 3.47. The van der Waals surface area contributed by atoms with Gasteiger partial charge in [-0.25, -0.2) is 4.98 Å². The molecular formula is C10H14N2OS. The molecule has 1 aromatic rings. The number of carbonyl (C=O) groups excluding carboxylic acids is 1. The summed E-state index contributed by atoms with van der Waals surface area (Å²) < 4.78 is 0. The predicted molar refractivity (Wildman–Crippen MR) is 56.5 cm³/mol. The van der Waals surface area contributed by atoms with Crippen molar-refractivity contribution in [3.05, 3.63) is 16.1 Å². The maximum Gasteiger partial charge on any atom is 0.138 e. The van der Waals surface area contributed by atoms with Crippen molar-refractivity contribution in [3.8, 4) is 0 Å². The second-order valence-electron chi connectivity index (χ2n) is 3.70. The molecule has 1 N–H and O–H groups in total. The summed E-state index contributed by atoms with van der Waals surface area (Å²) in [5.41, 5.74) is 1.06. The van der Waals surface area contributed by atoms with Crippen LogP contribution in [0.4, 0.5) is 0 Å². The van der Waals surface area contributed by atoms with Crippen LogP contribution in [-0.2, 0) is 11.2 Å². The number of thiazole rings is 1. The lowest BCUT2D eigenvalue weighted by atomic mass is 9.95. The molecule has 1 atom stereocenters. The van der Waals surface area contributed by atoms with Gasteiger partial charge in [-0.05, 0) is 6.92 Å². The molecule has 0 spiro atoms. The Balaban J connectivity index is 1.99. The Labute approximate surface area is 87.6 Å². The van der Waals surface area contributed by atoms with Gasteiger partial charge in [0.25, 0.3) is 0 Å². The highest BCUT2D eigenvalue weighted by molar-refractivity contribution is 7.09. The van der Waals surface area contributed by atoms with Crippen LogP contribution in [0.15, 0.2) is 5.38 Å². The van der Waals surface area contributed by atoms with Gasteiger partial charge in [-0.15, -0.1) is 11.3 Å². The van der Waals surface area contributed by atoms with Gasteiger partial charge < -0.3 is 5.32 Å². The van der Waals surface area contributed by atoms with Crippen molar-refractivity contribution in [2.24, 2.45) is 5.92 Å². The van der Waals surface area contributed by atoms with Gasteiger partial charge in [-0.1, -0.05) is 0 Å². The van der Waals surface area contributed by atoms with Crippen molar-refractivity contribution in [2.45, 2.75) is 19.8 Å². The highest BCUT2D eigenvalue weighted by Crippen LogP contribution is 2.16. The predicted octanol–water partition coefficient (Wildman–Crippen LogP) is 1.17. The molecule has 0 amide bonds. The van der Waals surface area contributed by atoms with Gasteiger partial charge in [0.2, 0.25) is 0 Å². The van der Waals surface area contributed by atoms with Gasteiger partial charge in [-0.2, -0.15) is 0 Å². The van der Waals surface area contributed by atoms with E-state index in [2.05, 4.69) is 10.3 Å². The second kappa shape index (κ2) is 4.19. The Kier molecular flexibility index (Phi) is 2.93. The first-order valence-electron chi connectivity index (χ1n) is 4.90. The summed E-state index contributed by atoms with van der Waals surface area (Å²) in [6, 6.07) is 0. The Bertz CT molecular complexity index is 335. The number of carbonyl (C=O) groups is 1. The van der Waals surface area contributed by atoms with Crippen LogP contribution >= 0.6 is 11.3 Å². The summed E-state index contributed by atoms with van der Waals surface area (Å²) in [7, 11) is 0. The molecular weight excluding hydrogens is 196 g/mol. The highest BCUT2D eigenvalue weighted by Gasteiger charge is 2.22. The lowest BCUT2D eigenvalue weighted by molar-refractivity contribution is -0.123. The molecule has 1 saturated heterocycles. The van der Waals surface area contributed by atoms with Crippen LogP contribution in [0.25, 0.3) is 0 Å². The minimum absolute atomic E-state index is 0.147. The fraction of sp³-hybridized carbons (Fsp3) is 0.600. The van der Waals surface area contributed by atoms with E-state index in [4.69, 9.17) is 0 Å². The van der Waals surface area contributed by atoms with Crippen LogP contribution in [0.2, 0.25) is 0 Å². The van der Waals surface area contributed by atoms with E-state index in [9.17, 15) is 4.79 Å². The first kappa shape index (κ1) is 9.80. The van der Waals surface area contributed by atoms with Crippen molar-refractivity contribution < 1.29 is 4.79 Å². The van der Waals surface area contributed by atoms with Crippen molar-refractivity contribution in [1.82, 2.24) is 10.3 Å². The Hall–Kier alpha value is -0.740. The number of aryl methyl sites for hydroxylation is 1. The monoisotopic (exact) mass is 210 g/mol. The summed E-state index contributed by atoms with van der Waals surface area (Å²) in [6.45, 7) is 3.64. The first-order valence-corrected chi connectivity index (χ1v) is 5.78. The molecule has 0 aromatic carbocycles. The molecule has 1 aliphatic heterocycles. The number of nitrogens with zero attached hydrogens (tertiary/aromatic N) is 1. The van der Waals surface area contributed by atoms with Crippen molar-refractivity contribution in [1.29, 1.82) is 0 Å². The van der Waals surface area contributed by atoms with E-state index in [1.165, 1.54) is 0 Å². The van der Waals surface area contributed by atoms with Gasteiger partial charge >= 0.3 is 0 Å². The standard InChI is InChI=1S/C10H14N2OS/c1-7-6-14-10(12-7)4-8-5-11-3-2-9(8)13/h6,8,11H,2-5H2,1H3. The van der Waals surface area contributed by atoms with Crippen molar-refractivity contribution in [3.63, 3.8) is 0 Å². The SMILES string of the molecule is Cc1csc(CC2CNCCC2=O)n1. The average molecular weight is 210 g/mol. The highest BCUT2D eigenvalue weighted by atomic mass is 32.1. The molecule has 1 aromatic heterocycles. The molecule has 14 heavy (non-hydrogen) atoms. The maximum absolute atomic E-state index is 11.5. The van der Waals surface area contributed by atoms with Crippen LogP contribution in [0.1, 0.15) is 17.1 Å². The van der Waals surface area contributed by atoms with Crippen LogP contribution in [0.3, 0.4) is 0 Å². The number of nitrogens with one attached hydrogen (secondary N) is 1. The zero-order valence-corrected chi connectivity index (χ0v) is 9.06. The number of rotatable bonds is 2. The maximum atomic E-state index is 11.5. The summed E-state index contributed by atoms with van der Waals surface area (Å²) in [5, 5.41) is 6.37. The third kappa shape index (κ3) is 2.19. The van der Waals surface area contributed by atoms with E-state index < -0.39 is 0 Å².